The Kier molecular flexibility index (Phi) is 4.71. The van der Waals surface area contributed by atoms with Crippen LogP contribution in [-0.4, -0.2) is 11.0 Å². The van der Waals surface area contributed by atoms with Gasteiger partial charge >= 0.3 is 5.63 Å². The second kappa shape index (κ2) is 7.32. The molecule has 2 N–H and O–H groups in total. The molecule has 3 aromatic carbocycles. The van der Waals surface area contributed by atoms with Gasteiger partial charge in [-0.15, -0.1) is 0 Å². The first-order chi connectivity index (χ1) is 13.5. The van der Waals surface area contributed by atoms with Gasteiger partial charge in [0.15, 0.2) is 5.56 Å². The number of rotatable bonds is 3. The summed E-state index contributed by atoms with van der Waals surface area (Å²) in [5.74, 6) is -1.14. The van der Waals surface area contributed by atoms with Crippen molar-refractivity contribution in [2.45, 2.75) is 0 Å². The highest BCUT2D eigenvalue weighted by Gasteiger charge is 2.21. The monoisotopic (exact) mass is 435 g/mol. The maximum absolute atomic E-state index is 12.5. The highest BCUT2D eigenvalue weighted by atomic mass is 79.9. The number of amides is 1. The van der Waals surface area contributed by atoms with E-state index in [1.54, 1.807) is 42.5 Å². The van der Waals surface area contributed by atoms with Gasteiger partial charge in [0, 0.05) is 10.2 Å². The molecule has 0 spiro atoms. The average Bonchev–Trinajstić information content (AvgIpc) is 2.70. The molecule has 0 atom stereocenters. The van der Waals surface area contributed by atoms with E-state index in [1.807, 2.05) is 30.3 Å². The van der Waals surface area contributed by atoms with Crippen molar-refractivity contribution in [2.24, 2.45) is 0 Å². The van der Waals surface area contributed by atoms with E-state index >= 15 is 0 Å². The topological polar surface area (TPSA) is 79.5 Å². The normalized spacial score (nSPS) is 10.8. The minimum Gasteiger partial charge on any atom is -0.506 e. The summed E-state index contributed by atoms with van der Waals surface area (Å²) in [4.78, 5) is 24.9. The number of hydrogen-bond donors (Lipinski definition) is 2. The van der Waals surface area contributed by atoms with Gasteiger partial charge in [-0.3, -0.25) is 4.79 Å². The van der Waals surface area contributed by atoms with E-state index in [0.717, 1.165) is 15.6 Å². The smallest absolute Gasteiger partial charge is 0.353 e. The zero-order chi connectivity index (χ0) is 19.7. The molecule has 0 unspecified atom stereocenters. The van der Waals surface area contributed by atoms with Crippen molar-refractivity contribution < 1.29 is 14.3 Å². The highest BCUT2D eigenvalue weighted by Crippen LogP contribution is 2.30. The van der Waals surface area contributed by atoms with Crippen LogP contribution in [0, 0.1) is 0 Å². The lowest BCUT2D eigenvalue weighted by Crippen LogP contribution is -2.21. The second-order valence-corrected chi connectivity index (χ2v) is 7.07. The molecule has 0 aliphatic rings. The number of carbonyl (C=O) groups is 1. The van der Waals surface area contributed by atoms with Crippen molar-refractivity contribution in [1.29, 1.82) is 0 Å². The van der Waals surface area contributed by atoms with Crippen LogP contribution in [0.2, 0.25) is 0 Å². The average molecular weight is 436 g/mol. The van der Waals surface area contributed by atoms with Gasteiger partial charge in [-0.1, -0.05) is 52.3 Å². The van der Waals surface area contributed by atoms with Crippen LogP contribution in [0.5, 0.6) is 5.75 Å². The first-order valence-corrected chi connectivity index (χ1v) is 9.24. The summed E-state index contributed by atoms with van der Waals surface area (Å²) in [5, 5.41) is 13.4. The van der Waals surface area contributed by atoms with E-state index in [-0.39, 0.29) is 5.58 Å². The largest absolute Gasteiger partial charge is 0.506 e. The summed E-state index contributed by atoms with van der Waals surface area (Å²) >= 11 is 3.31. The maximum Gasteiger partial charge on any atom is 0.353 e. The Hall–Kier alpha value is -3.38. The lowest BCUT2D eigenvalue weighted by molar-refractivity contribution is 0.102. The lowest BCUT2D eigenvalue weighted by Gasteiger charge is -2.09. The van der Waals surface area contributed by atoms with Crippen molar-refractivity contribution in [2.75, 3.05) is 5.32 Å². The minimum absolute atomic E-state index is 0.212. The molecule has 0 aliphatic heterocycles. The van der Waals surface area contributed by atoms with Gasteiger partial charge in [0.05, 0.1) is 5.39 Å². The van der Waals surface area contributed by atoms with E-state index in [4.69, 9.17) is 4.42 Å². The molecule has 1 aromatic heterocycles. The number of halogens is 1. The lowest BCUT2D eigenvalue weighted by atomic mass is 10.0. The number of anilines is 1. The summed E-state index contributed by atoms with van der Waals surface area (Å²) < 4.78 is 6.18. The van der Waals surface area contributed by atoms with Crippen molar-refractivity contribution >= 4 is 38.5 Å². The molecule has 0 saturated carbocycles. The van der Waals surface area contributed by atoms with Gasteiger partial charge in [0.25, 0.3) is 5.91 Å². The number of aromatic hydroxyl groups is 1. The van der Waals surface area contributed by atoms with Gasteiger partial charge in [-0.25, -0.2) is 4.79 Å². The Morgan fingerprint density at radius 3 is 2.36 bits per heavy atom. The molecule has 4 rings (SSSR count). The molecule has 4 aromatic rings. The Morgan fingerprint density at radius 1 is 0.929 bits per heavy atom. The zero-order valence-electron chi connectivity index (χ0n) is 14.5. The van der Waals surface area contributed by atoms with Gasteiger partial charge in [-0.2, -0.15) is 0 Å². The van der Waals surface area contributed by atoms with Gasteiger partial charge in [-0.05, 0) is 47.5 Å². The third kappa shape index (κ3) is 3.42. The standard InChI is InChI=1S/C22H14BrNO4/c23-15-7-9-16(10-8-15)24-21(26)19-20(25)17-11-6-14(12-18(17)28-22(19)27)13-4-2-1-3-5-13/h1-12,25H,(H,24,26). The Morgan fingerprint density at radius 2 is 1.64 bits per heavy atom. The molecule has 0 fully saturated rings. The number of carbonyl (C=O) groups excluding carboxylic acids is 1. The molecule has 1 amide bonds. The molecule has 0 saturated heterocycles. The molecule has 0 aliphatic carbocycles. The summed E-state index contributed by atoms with van der Waals surface area (Å²) in [5.41, 5.74) is 1.16. The molecule has 0 radical (unpaired) electrons. The van der Waals surface area contributed by atoms with Crippen LogP contribution < -0.4 is 10.9 Å². The Bertz CT molecular complexity index is 1230. The second-order valence-electron chi connectivity index (χ2n) is 6.15. The third-order valence-corrected chi connectivity index (χ3v) is 4.85. The molecule has 138 valence electrons. The fraction of sp³-hybridized carbons (Fsp3) is 0. The van der Waals surface area contributed by atoms with Crippen LogP contribution in [0.25, 0.3) is 22.1 Å². The van der Waals surface area contributed by atoms with Gasteiger partial charge in [0.1, 0.15) is 11.3 Å². The first kappa shape index (κ1) is 18.0. The molecule has 5 nitrogen and oxygen atoms in total. The van der Waals surface area contributed by atoms with Crippen molar-refractivity contribution in [1.82, 2.24) is 0 Å². The third-order valence-electron chi connectivity index (χ3n) is 4.32. The van der Waals surface area contributed by atoms with Crippen molar-refractivity contribution in [3.63, 3.8) is 0 Å². The number of fused-ring (bicyclic) bond motifs is 1. The highest BCUT2D eigenvalue weighted by molar-refractivity contribution is 9.10. The minimum atomic E-state index is -0.898. The molecule has 28 heavy (non-hydrogen) atoms. The van der Waals surface area contributed by atoms with E-state index in [2.05, 4.69) is 21.2 Å². The summed E-state index contributed by atoms with van der Waals surface area (Å²) in [6.07, 6.45) is 0. The van der Waals surface area contributed by atoms with E-state index in [9.17, 15) is 14.7 Å². The number of nitrogens with one attached hydrogen (secondary N) is 1. The molecule has 6 heteroatoms. The molecular weight excluding hydrogens is 422 g/mol. The fourth-order valence-corrected chi connectivity index (χ4v) is 3.19. The van der Waals surface area contributed by atoms with E-state index < -0.39 is 22.8 Å². The van der Waals surface area contributed by atoms with Crippen LogP contribution in [0.3, 0.4) is 0 Å². The SMILES string of the molecule is O=C(Nc1ccc(Br)cc1)c1c(O)c2ccc(-c3ccccc3)cc2oc1=O. The number of hydrogen-bond acceptors (Lipinski definition) is 4. The first-order valence-electron chi connectivity index (χ1n) is 8.45. The van der Waals surface area contributed by atoms with E-state index in [0.29, 0.717) is 11.1 Å². The van der Waals surface area contributed by atoms with Crippen LogP contribution in [0.15, 0.2) is 86.5 Å². The fourth-order valence-electron chi connectivity index (χ4n) is 2.92. The van der Waals surface area contributed by atoms with Crippen molar-refractivity contribution in [3.8, 4) is 16.9 Å². The molecular formula is C22H14BrNO4. The molecule has 0 bridgehead atoms. The predicted octanol–water partition coefficient (Wildman–Crippen LogP) is 5.18. The van der Waals surface area contributed by atoms with E-state index in [1.165, 1.54) is 0 Å². The zero-order valence-corrected chi connectivity index (χ0v) is 16.1. The quantitative estimate of drug-likeness (QED) is 0.434. The van der Waals surface area contributed by atoms with Crippen LogP contribution in [0.4, 0.5) is 5.69 Å². The molecule has 1 heterocycles. The maximum atomic E-state index is 12.5. The van der Waals surface area contributed by atoms with Gasteiger partial charge in [0.2, 0.25) is 0 Å². The summed E-state index contributed by atoms with van der Waals surface area (Å²) in [6.45, 7) is 0. The van der Waals surface area contributed by atoms with Crippen LogP contribution in [-0.2, 0) is 0 Å². The van der Waals surface area contributed by atoms with Crippen LogP contribution in [0.1, 0.15) is 10.4 Å². The predicted molar refractivity (Wildman–Crippen MR) is 112 cm³/mol. The summed E-state index contributed by atoms with van der Waals surface area (Å²) in [6, 6.07) is 21.5. The Balaban J connectivity index is 1.75. The summed E-state index contributed by atoms with van der Waals surface area (Å²) in [7, 11) is 0. The van der Waals surface area contributed by atoms with Crippen molar-refractivity contribution in [3.05, 3.63) is 93.3 Å². The Labute approximate surface area is 168 Å². The number of benzene rings is 3. The van der Waals surface area contributed by atoms with Gasteiger partial charge < -0.3 is 14.8 Å². The van der Waals surface area contributed by atoms with Crippen LogP contribution >= 0.6 is 15.9 Å².